The minimum Gasteiger partial charge on any atom is -0.619 e. The maximum Gasteiger partial charge on any atom is 0.490 e. The zero-order valence-corrected chi connectivity index (χ0v) is 13.0. The van der Waals surface area contributed by atoms with E-state index in [1.54, 1.807) is 12.1 Å². The first-order chi connectivity index (χ1) is 11.8. The van der Waals surface area contributed by atoms with Crippen LogP contribution < -0.4 is 10.0 Å². The summed E-state index contributed by atoms with van der Waals surface area (Å²) in [6.07, 6.45) is 0.0120. The van der Waals surface area contributed by atoms with Crippen molar-refractivity contribution >= 4 is 5.97 Å². The van der Waals surface area contributed by atoms with E-state index in [0.717, 1.165) is 47.9 Å². The van der Waals surface area contributed by atoms with E-state index < -0.39 is 12.1 Å². The quantitative estimate of drug-likeness (QED) is 0.548. The molecule has 3 rings (SSSR count). The molecule has 0 radical (unpaired) electrons. The molecule has 0 aliphatic carbocycles. The van der Waals surface area contributed by atoms with Gasteiger partial charge in [0, 0.05) is 23.6 Å². The van der Waals surface area contributed by atoms with Crippen molar-refractivity contribution in [3.8, 4) is 11.4 Å². The maximum atomic E-state index is 11.0. The molecule has 1 aliphatic heterocycles. The molecule has 3 heterocycles. The molecule has 0 unspecified atom stereocenters. The molecule has 0 atom stereocenters. The first-order valence-electron chi connectivity index (χ1n) is 7.40. The van der Waals surface area contributed by atoms with E-state index in [2.05, 4.69) is 20.5 Å². The normalized spacial score (nSPS) is 15.3. The Hall–Kier alpha value is -2.69. The lowest BCUT2D eigenvalue weighted by Gasteiger charge is -2.19. The second-order valence-corrected chi connectivity index (χ2v) is 5.33. The first kappa shape index (κ1) is 18.6. The monoisotopic (exact) mass is 359 g/mol. The van der Waals surface area contributed by atoms with Gasteiger partial charge in [-0.25, -0.2) is 4.79 Å². The van der Waals surface area contributed by atoms with Crippen LogP contribution in [0.1, 0.15) is 24.6 Å². The molecular weight excluding hydrogens is 343 g/mol. The minimum absolute atomic E-state index is 0.459. The summed E-state index contributed by atoms with van der Waals surface area (Å²) < 4.78 is 32.5. The molecular formula is C14H16F3N5O3. The van der Waals surface area contributed by atoms with Gasteiger partial charge in [-0.15, -0.1) is 10.2 Å². The molecule has 0 saturated carbocycles. The van der Waals surface area contributed by atoms with Crippen LogP contribution in [0.2, 0.25) is 0 Å². The Balaban J connectivity index is 0.000000277. The van der Waals surface area contributed by atoms with Gasteiger partial charge in [0.05, 0.1) is 0 Å². The van der Waals surface area contributed by atoms with Crippen LogP contribution in [0.25, 0.3) is 11.4 Å². The van der Waals surface area contributed by atoms with Gasteiger partial charge in [-0.3, -0.25) is 0 Å². The molecule has 2 aromatic heterocycles. The van der Waals surface area contributed by atoms with E-state index in [4.69, 9.17) is 9.90 Å². The molecule has 2 aromatic rings. The number of alkyl halides is 3. The average molecular weight is 359 g/mol. The number of carboxylic acid groups (broad SMARTS) is 1. The van der Waals surface area contributed by atoms with Gasteiger partial charge >= 0.3 is 12.1 Å². The standard InChI is InChI=1S/C12H15N5O.C2HF3O2/c18-17-7-3-10(4-8-17)12-14-11(15-16-12)9-1-5-13-6-2-9;3-2(4,5)1(6)7/h3-4,7-9,13H,1-2,5-6H2,(H,14,15,16);(H,6,7). The topological polar surface area (TPSA) is 118 Å². The van der Waals surface area contributed by atoms with E-state index in [9.17, 15) is 18.4 Å². The van der Waals surface area contributed by atoms with E-state index in [1.165, 1.54) is 12.4 Å². The summed E-state index contributed by atoms with van der Waals surface area (Å²) in [5.41, 5.74) is 0.884. The maximum absolute atomic E-state index is 11.0. The Labute approximate surface area is 140 Å². The summed E-state index contributed by atoms with van der Waals surface area (Å²) in [4.78, 5) is 12.2. The fraction of sp³-hybridized carbons (Fsp3) is 0.429. The van der Waals surface area contributed by atoms with Crippen LogP contribution >= 0.6 is 0 Å². The van der Waals surface area contributed by atoms with Crippen LogP contribution in [0.5, 0.6) is 0 Å². The molecule has 0 bridgehead atoms. The van der Waals surface area contributed by atoms with Crippen molar-refractivity contribution in [2.24, 2.45) is 0 Å². The van der Waals surface area contributed by atoms with Crippen molar-refractivity contribution in [2.75, 3.05) is 13.1 Å². The molecule has 1 aliphatic rings. The number of aromatic nitrogens is 4. The largest absolute Gasteiger partial charge is 0.619 e. The predicted octanol–water partition coefficient (Wildman–Crippen LogP) is 1.21. The number of nitrogens with zero attached hydrogens (tertiary/aromatic N) is 3. The van der Waals surface area contributed by atoms with Crippen LogP contribution in [0, 0.1) is 5.21 Å². The number of pyridine rings is 1. The lowest BCUT2D eigenvalue weighted by molar-refractivity contribution is -0.605. The Morgan fingerprint density at radius 3 is 2.32 bits per heavy atom. The predicted molar refractivity (Wildman–Crippen MR) is 79.3 cm³/mol. The van der Waals surface area contributed by atoms with Crippen LogP contribution in [-0.4, -0.2) is 45.5 Å². The summed E-state index contributed by atoms with van der Waals surface area (Å²) in [6, 6.07) is 3.47. The summed E-state index contributed by atoms with van der Waals surface area (Å²) in [5, 5.41) is 29.8. The molecule has 3 N–H and O–H groups in total. The van der Waals surface area contributed by atoms with Gasteiger partial charge in [-0.1, -0.05) is 0 Å². The lowest BCUT2D eigenvalue weighted by atomic mass is 9.98. The van der Waals surface area contributed by atoms with Crippen LogP contribution in [0.3, 0.4) is 0 Å². The molecule has 1 saturated heterocycles. The van der Waals surface area contributed by atoms with E-state index >= 15 is 0 Å². The highest BCUT2D eigenvalue weighted by Gasteiger charge is 2.38. The van der Waals surface area contributed by atoms with Gasteiger partial charge in [-0.2, -0.15) is 17.9 Å². The number of hydrogen-bond acceptors (Lipinski definition) is 5. The van der Waals surface area contributed by atoms with Gasteiger partial charge in [0.25, 0.3) is 0 Å². The Bertz CT molecular complexity index is 696. The first-order valence-corrected chi connectivity index (χ1v) is 7.40. The molecule has 0 spiro atoms. The van der Waals surface area contributed by atoms with Crippen LogP contribution in [-0.2, 0) is 4.79 Å². The number of nitrogens with one attached hydrogen (secondary N) is 2. The number of rotatable bonds is 2. The van der Waals surface area contributed by atoms with Crippen molar-refractivity contribution < 1.29 is 27.8 Å². The number of aliphatic carboxylic acids is 1. The third-order valence-corrected chi connectivity index (χ3v) is 3.55. The van der Waals surface area contributed by atoms with Crippen LogP contribution in [0.4, 0.5) is 13.2 Å². The molecule has 25 heavy (non-hydrogen) atoms. The number of halogens is 3. The zero-order chi connectivity index (χ0) is 18.4. The second kappa shape index (κ2) is 7.92. The van der Waals surface area contributed by atoms with E-state index in [0.29, 0.717) is 5.92 Å². The number of carbonyl (C=O) groups is 1. The van der Waals surface area contributed by atoms with Gasteiger partial charge < -0.3 is 20.6 Å². The Morgan fingerprint density at radius 1 is 1.24 bits per heavy atom. The van der Waals surface area contributed by atoms with Crippen molar-refractivity contribution in [1.82, 2.24) is 20.5 Å². The van der Waals surface area contributed by atoms with Crippen molar-refractivity contribution in [3.63, 3.8) is 0 Å². The highest BCUT2D eigenvalue weighted by atomic mass is 19.4. The van der Waals surface area contributed by atoms with Crippen molar-refractivity contribution in [1.29, 1.82) is 0 Å². The smallest absolute Gasteiger partial charge is 0.490 e. The highest BCUT2D eigenvalue weighted by Crippen LogP contribution is 2.23. The summed E-state index contributed by atoms with van der Waals surface area (Å²) in [7, 11) is 0. The lowest BCUT2D eigenvalue weighted by Crippen LogP contribution is -2.27. The molecule has 8 nitrogen and oxygen atoms in total. The number of carboxylic acids is 1. The third-order valence-electron chi connectivity index (χ3n) is 3.55. The van der Waals surface area contributed by atoms with E-state index in [1.807, 2.05) is 0 Å². The molecule has 136 valence electrons. The second-order valence-electron chi connectivity index (χ2n) is 5.33. The Kier molecular flexibility index (Phi) is 5.91. The Morgan fingerprint density at radius 2 is 1.80 bits per heavy atom. The van der Waals surface area contributed by atoms with Gasteiger partial charge in [-0.05, 0) is 25.9 Å². The average Bonchev–Trinajstić information content (AvgIpc) is 3.06. The number of piperidine rings is 1. The minimum atomic E-state index is -5.08. The van der Waals surface area contributed by atoms with Gasteiger partial charge in [0.2, 0.25) is 0 Å². The van der Waals surface area contributed by atoms with E-state index in [-0.39, 0.29) is 0 Å². The summed E-state index contributed by atoms with van der Waals surface area (Å²) in [6.45, 7) is 2.06. The van der Waals surface area contributed by atoms with Crippen molar-refractivity contribution in [2.45, 2.75) is 24.9 Å². The SMILES string of the molecule is O=C(O)C(F)(F)F.[O-][n+]1ccc(-c2nnc(C3CCNCC3)[nH]2)cc1. The molecule has 0 amide bonds. The third kappa shape index (κ3) is 5.41. The van der Waals surface area contributed by atoms with Crippen LogP contribution in [0.15, 0.2) is 24.5 Å². The molecule has 1 fully saturated rings. The number of hydrogen-bond donors (Lipinski definition) is 3. The summed E-state index contributed by atoms with van der Waals surface area (Å²) in [5.74, 6) is -0.623. The molecule has 0 aromatic carbocycles. The zero-order valence-electron chi connectivity index (χ0n) is 13.0. The number of H-pyrrole nitrogens is 1. The summed E-state index contributed by atoms with van der Waals surface area (Å²) >= 11 is 0. The molecule has 11 heteroatoms. The fourth-order valence-electron chi connectivity index (χ4n) is 2.25. The van der Waals surface area contributed by atoms with Gasteiger partial charge in [0.15, 0.2) is 18.2 Å². The van der Waals surface area contributed by atoms with Crippen molar-refractivity contribution in [3.05, 3.63) is 35.6 Å². The number of aromatic amines is 1. The fourth-order valence-corrected chi connectivity index (χ4v) is 2.25. The highest BCUT2D eigenvalue weighted by molar-refractivity contribution is 5.73. The van der Waals surface area contributed by atoms with Gasteiger partial charge in [0.1, 0.15) is 5.82 Å².